The second-order valence-corrected chi connectivity index (χ2v) is 10.7. The van der Waals surface area contributed by atoms with Crippen LogP contribution in [0.1, 0.15) is 24.0 Å². The number of nitrogens with zero attached hydrogens (tertiary/aromatic N) is 2. The topological polar surface area (TPSA) is 187 Å². The molecule has 0 bridgehead atoms. The molecule has 0 unspecified atom stereocenters. The van der Waals surface area contributed by atoms with Gasteiger partial charge in [0, 0.05) is 38.0 Å². The lowest BCUT2D eigenvalue weighted by atomic mass is 10.0. The van der Waals surface area contributed by atoms with E-state index in [1.165, 1.54) is 18.3 Å². The fourth-order valence-electron chi connectivity index (χ4n) is 5.01. The Bertz CT molecular complexity index is 1340. The Kier molecular flexibility index (Phi) is 13.0. The molecule has 0 spiro atoms. The van der Waals surface area contributed by atoms with Gasteiger partial charge in [0.2, 0.25) is 11.8 Å². The van der Waals surface area contributed by atoms with Crippen LogP contribution in [0, 0.1) is 0 Å². The van der Waals surface area contributed by atoms with Gasteiger partial charge >= 0.3 is 6.18 Å². The van der Waals surface area contributed by atoms with Crippen LogP contribution in [0.25, 0.3) is 10.9 Å². The van der Waals surface area contributed by atoms with Crippen LogP contribution in [0.4, 0.5) is 18.9 Å². The van der Waals surface area contributed by atoms with Gasteiger partial charge in [-0.25, -0.2) is 4.59 Å². The molecule has 1 heterocycles. The summed E-state index contributed by atoms with van der Waals surface area (Å²) in [5.41, 5.74) is 27.8. The summed E-state index contributed by atoms with van der Waals surface area (Å²) in [6.45, 7) is 3.83. The van der Waals surface area contributed by atoms with E-state index in [0.29, 0.717) is 74.5 Å². The van der Waals surface area contributed by atoms with E-state index in [1.54, 1.807) is 6.07 Å². The summed E-state index contributed by atoms with van der Waals surface area (Å²) in [5, 5.41) is 6.25. The smallest absolute Gasteiger partial charge is 0.343 e. The average molecular weight is 619 g/mol. The van der Waals surface area contributed by atoms with Crippen LogP contribution < -0.4 is 39.0 Å². The van der Waals surface area contributed by atoms with Gasteiger partial charge in [0.05, 0.1) is 29.0 Å². The summed E-state index contributed by atoms with van der Waals surface area (Å²) in [6, 6.07) is 11.5. The summed E-state index contributed by atoms with van der Waals surface area (Å²) >= 11 is 0. The molecule has 1 aromatic heterocycles. The zero-order valence-corrected chi connectivity index (χ0v) is 24.7. The number of hydrogen-bond donors (Lipinski definition) is 7. The number of carbonyl (C=O) groups excluding carboxylic acids is 2. The van der Waals surface area contributed by atoms with Crippen molar-refractivity contribution >= 4 is 28.4 Å². The first kappa shape index (κ1) is 34.8. The molecule has 3 rings (SSSR count). The molecule has 0 aliphatic heterocycles. The number of carbonyl (C=O) groups is 2. The van der Waals surface area contributed by atoms with Crippen LogP contribution in [-0.4, -0.2) is 79.3 Å². The minimum atomic E-state index is -4.49. The van der Waals surface area contributed by atoms with Crippen molar-refractivity contribution in [3.63, 3.8) is 0 Å². The molecular weight excluding hydrogens is 575 g/mol. The van der Waals surface area contributed by atoms with Gasteiger partial charge < -0.3 is 33.6 Å². The highest BCUT2D eigenvalue weighted by Crippen LogP contribution is 2.29. The number of aromatic nitrogens is 1. The van der Waals surface area contributed by atoms with Gasteiger partial charge in [0.15, 0.2) is 0 Å². The Morgan fingerprint density at radius 3 is 2.16 bits per heavy atom. The molecular formula is C30H43F3N9O2+. The third kappa shape index (κ3) is 10.2. The Balaban J connectivity index is 1.68. The Morgan fingerprint density at radius 1 is 0.909 bits per heavy atom. The lowest BCUT2D eigenvalue weighted by Crippen LogP contribution is -2.64. The number of nitrogens with two attached hydrogens (primary N) is 4. The van der Waals surface area contributed by atoms with E-state index in [9.17, 15) is 22.8 Å². The first-order valence-corrected chi connectivity index (χ1v) is 14.6. The molecule has 2 aromatic carbocycles. The van der Waals surface area contributed by atoms with Gasteiger partial charge in [0.1, 0.15) is 25.7 Å². The Hall–Kier alpha value is -3.66. The van der Waals surface area contributed by atoms with Crippen LogP contribution in [0.2, 0.25) is 0 Å². The SMILES string of the molecule is NCC[N+](CCN)(CCN)NCCC[C@H](N)C(=O)N[C@@H](Cc1ccc(C(F)(F)F)cc1)C(=O)Nc1cnc2ccccc2c1. The monoisotopic (exact) mass is 618 g/mol. The number of halogens is 3. The van der Waals surface area contributed by atoms with E-state index in [0.717, 1.165) is 23.0 Å². The summed E-state index contributed by atoms with van der Waals surface area (Å²) in [6.07, 6.45) is -2.19. The highest BCUT2D eigenvalue weighted by molar-refractivity contribution is 5.99. The van der Waals surface area contributed by atoms with Gasteiger partial charge in [-0.15, -0.1) is 0 Å². The van der Waals surface area contributed by atoms with Crippen molar-refractivity contribution in [1.82, 2.24) is 15.7 Å². The molecule has 2 amide bonds. The Morgan fingerprint density at radius 2 is 1.55 bits per heavy atom. The van der Waals surface area contributed by atoms with Crippen molar-refractivity contribution in [2.24, 2.45) is 22.9 Å². The minimum absolute atomic E-state index is 0.0533. The van der Waals surface area contributed by atoms with E-state index >= 15 is 0 Å². The number of amides is 2. The summed E-state index contributed by atoms with van der Waals surface area (Å²) in [4.78, 5) is 30.8. The first-order chi connectivity index (χ1) is 21.0. The lowest BCUT2D eigenvalue weighted by molar-refractivity contribution is -0.966. The number of hydrogen-bond acceptors (Lipinski definition) is 8. The molecule has 11 nitrogen and oxygen atoms in total. The Labute approximate surface area is 255 Å². The van der Waals surface area contributed by atoms with E-state index < -0.39 is 35.6 Å². The molecule has 0 fully saturated rings. The second kappa shape index (κ2) is 16.4. The van der Waals surface area contributed by atoms with Crippen molar-refractivity contribution < 1.29 is 27.4 Å². The van der Waals surface area contributed by atoms with E-state index in [4.69, 9.17) is 22.9 Å². The van der Waals surface area contributed by atoms with Crippen molar-refractivity contribution in [3.8, 4) is 0 Å². The zero-order chi connectivity index (χ0) is 32.2. The number of pyridine rings is 1. The third-order valence-corrected chi connectivity index (χ3v) is 7.36. The summed E-state index contributed by atoms with van der Waals surface area (Å²) in [7, 11) is 0. The standard InChI is InChI=1S/C30H42F3N9O2/c31-30(32,33)23-9-7-21(8-10-23)18-27(29(44)40-24-19-22-4-1-2-6-26(22)38-20-24)41-28(43)25(37)5-3-14-39-42(15-11-34,16-12-35)17-13-36/h1-2,4,6-10,19-20,25,27,39H,3,5,11-18,34-37H2,(H-,40,41,43,44)/p+1/t25-,27-/m0/s1. The van der Waals surface area contributed by atoms with Crippen LogP contribution in [0.3, 0.4) is 0 Å². The van der Waals surface area contributed by atoms with Gasteiger partial charge in [-0.3, -0.25) is 14.6 Å². The number of benzene rings is 2. The van der Waals surface area contributed by atoms with E-state index in [2.05, 4.69) is 21.0 Å². The van der Waals surface area contributed by atoms with Gasteiger partial charge in [0.25, 0.3) is 0 Å². The van der Waals surface area contributed by atoms with Gasteiger partial charge in [-0.1, -0.05) is 30.3 Å². The van der Waals surface area contributed by atoms with Crippen molar-refractivity contribution in [2.75, 3.05) is 51.1 Å². The average Bonchev–Trinajstić information content (AvgIpc) is 2.99. The molecule has 0 saturated carbocycles. The normalized spacial score (nSPS) is 13.4. The van der Waals surface area contributed by atoms with E-state index in [1.807, 2.05) is 24.3 Å². The molecule has 11 N–H and O–H groups in total. The molecule has 2 atom stereocenters. The van der Waals surface area contributed by atoms with Crippen LogP contribution in [-0.2, 0) is 22.2 Å². The maximum Gasteiger partial charge on any atom is 0.416 e. The van der Waals surface area contributed by atoms with Crippen LogP contribution in [0.15, 0.2) is 60.8 Å². The molecule has 14 heteroatoms. The highest BCUT2D eigenvalue weighted by Gasteiger charge is 2.31. The molecule has 44 heavy (non-hydrogen) atoms. The predicted octanol–water partition coefficient (Wildman–Crippen LogP) is 1.22. The molecule has 0 radical (unpaired) electrons. The van der Waals surface area contributed by atoms with E-state index in [-0.39, 0.29) is 6.42 Å². The van der Waals surface area contributed by atoms with Crippen LogP contribution in [0.5, 0.6) is 0 Å². The number of nitrogens with one attached hydrogen (secondary N) is 3. The molecule has 240 valence electrons. The molecule has 0 aliphatic rings. The fraction of sp³-hybridized carbons (Fsp3) is 0.433. The molecule has 0 aliphatic carbocycles. The maximum atomic E-state index is 13.4. The van der Waals surface area contributed by atoms with Gasteiger partial charge in [-0.05, 0) is 42.7 Å². The fourth-order valence-corrected chi connectivity index (χ4v) is 5.01. The van der Waals surface area contributed by atoms with Crippen molar-refractivity contribution in [2.45, 2.75) is 37.5 Å². The van der Waals surface area contributed by atoms with Crippen LogP contribution >= 0.6 is 0 Å². The summed E-state index contributed by atoms with van der Waals surface area (Å²) in [5.74, 6) is -1.11. The van der Waals surface area contributed by atoms with Crippen molar-refractivity contribution in [3.05, 3.63) is 71.9 Å². The maximum absolute atomic E-state index is 13.4. The second-order valence-electron chi connectivity index (χ2n) is 10.7. The number of fused-ring (bicyclic) bond motifs is 1. The van der Waals surface area contributed by atoms with Crippen molar-refractivity contribution in [1.29, 1.82) is 0 Å². The zero-order valence-electron chi connectivity index (χ0n) is 24.7. The largest absolute Gasteiger partial charge is 0.416 e. The number of quaternary nitrogens is 1. The first-order valence-electron chi connectivity index (χ1n) is 14.6. The third-order valence-electron chi connectivity index (χ3n) is 7.36. The quantitative estimate of drug-likeness (QED) is 0.0668. The lowest BCUT2D eigenvalue weighted by Gasteiger charge is -2.37. The number of para-hydroxylation sites is 1. The number of rotatable bonds is 17. The minimum Gasteiger partial charge on any atom is -0.343 e. The predicted molar refractivity (Wildman–Crippen MR) is 165 cm³/mol. The van der Waals surface area contributed by atoms with Gasteiger partial charge in [-0.2, -0.15) is 18.6 Å². The number of anilines is 1. The molecule has 3 aromatic rings. The highest BCUT2D eigenvalue weighted by atomic mass is 19.4. The number of alkyl halides is 3. The summed E-state index contributed by atoms with van der Waals surface area (Å²) < 4.78 is 39.7. The molecule has 0 saturated heterocycles.